The van der Waals surface area contributed by atoms with Crippen molar-refractivity contribution in [3.05, 3.63) is 17.2 Å². The Morgan fingerprint density at radius 3 is 2.84 bits per heavy atom. The van der Waals surface area contributed by atoms with Crippen LogP contribution >= 0.6 is 11.6 Å². The lowest BCUT2D eigenvalue weighted by atomic mass is 9.79. The molecule has 0 atom stereocenters. The van der Waals surface area contributed by atoms with E-state index in [1.165, 1.54) is 32.1 Å². The molecular weight excluding hydrogens is 260 g/mol. The fraction of sp³-hybridized carbons (Fsp3) is 0.786. The molecule has 0 bridgehead atoms. The number of imidazole rings is 1. The van der Waals surface area contributed by atoms with Gasteiger partial charge in [0.15, 0.2) is 0 Å². The van der Waals surface area contributed by atoms with Gasteiger partial charge in [0.2, 0.25) is 0 Å². The van der Waals surface area contributed by atoms with Gasteiger partial charge >= 0.3 is 0 Å². The summed E-state index contributed by atoms with van der Waals surface area (Å²) in [5, 5.41) is 4.31. The molecule has 1 aliphatic heterocycles. The zero-order valence-electron chi connectivity index (χ0n) is 11.7. The summed E-state index contributed by atoms with van der Waals surface area (Å²) in [5.74, 6) is 1.08. The van der Waals surface area contributed by atoms with Crippen LogP contribution < -0.4 is 5.32 Å². The highest BCUT2D eigenvalue weighted by molar-refractivity contribution is 6.29. The van der Waals surface area contributed by atoms with Gasteiger partial charge in [-0.3, -0.25) is 4.90 Å². The van der Waals surface area contributed by atoms with Gasteiger partial charge in [-0.2, -0.15) is 0 Å². The molecule has 1 N–H and O–H groups in total. The molecule has 1 saturated carbocycles. The Bertz CT molecular complexity index is 428. The SMILES string of the molecule is Cn1c(Cl)cnc1CN1CCNCC12CCCCC2. The van der Waals surface area contributed by atoms with Crippen LogP contribution in [0.15, 0.2) is 6.20 Å². The number of aromatic nitrogens is 2. The molecule has 1 aromatic heterocycles. The normalized spacial score (nSPS) is 23.9. The van der Waals surface area contributed by atoms with Gasteiger partial charge in [0.1, 0.15) is 11.0 Å². The molecule has 2 aliphatic rings. The Morgan fingerprint density at radius 1 is 1.37 bits per heavy atom. The summed E-state index contributed by atoms with van der Waals surface area (Å²) >= 11 is 6.09. The first-order valence-electron chi connectivity index (χ1n) is 7.33. The molecule has 0 unspecified atom stereocenters. The first-order chi connectivity index (χ1) is 9.21. The Balaban J connectivity index is 1.79. The lowest BCUT2D eigenvalue weighted by Crippen LogP contribution is -2.61. The smallest absolute Gasteiger partial charge is 0.128 e. The minimum atomic E-state index is 0.356. The van der Waals surface area contributed by atoms with Crippen LogP contribution in [0.2, 0.25) is 5.15 Å². The summed E-state index contributed by atoms with van der Waals surface area (Å²) in [4.78, 5) is 7.10. The average molecular weight is 283 g/mol. The monoisotopic (exact) mass is 282 g/mol. The first kappa shape index (κ1) is 13.4. The fourth-order valence-electron chi connectivity index (χ4n) is 3.58. The molecule has 3 rings (SSSR count). The van der Waals surface area contributed by atoms with Crippen molar-refractivity contribution in [3.8, 4) is 0 Å². The number of nitrogens with zero attached hydrogens (tertiary/aromatic N) is 3. The second-order valence-corrected chi connectivity index (χ2v) is 6.33. The van der Waals surface area contributed by atoms with Crippen molar-refractivity contribution < 1.29 is 0 Å². The van der Waals surface area contributed by atoms with Gasteiger partial charge in [-0.1, -0.05) is 30.9 Å². The molecule has 2 heterocycles. The molecule has 106 valence electrons. The van der Waals surface area contributed by atoms with Gasteiger partial charge in [-0.25, -0.2) is 4.98 Å². The number of hydrogen-bond acceptors (Lipinski definition) is 3. The number of hydrogen-bond donors (Lipinski definition) is 1. The van der Waals surface area contributed by atoms with E-state index in [0.717, 1.165) is 37.2 Å². The third kappa shape index (κ3) is 2.54. The van der Waals surface area contributed by atoms with Crippen LogP contribution in [0.4, 0.5) is 0 Å². The minimum absolute atomic E-state index is 0.356. The molecule has 1 saturated heterocycles. The maximum Gasteiger partial charge on any atom is 0.128 e. The van der Waals surface area contributed by atoms with Crippen LogP contribution in [0, 0.1) is 0 Å². The van der Waals surface area contributed by atoms with Crippen molar-refractivity contribution in [1.82, 2.24) is 19.8 Å². The maximum absolute atomic E-state index is 6.09. The Kier molecular flexibility index (Phi) is 3.83. The molecule has 1 spiro atoms. The van der Waals surface area contributed by atoms with Gasteiger partial charge in [0.25, 0.3) is 0 Å². The standard InChI is InChI=1S/C14H23ClN4/c1-18-12(15)9-17-13(18)10-19-8-7-16-11-14(19)5-3-2-4-6-14/h9,16H,2-8,10-11H2,1H3. The maximum atomic E-state index is 6.09. The Hall–Kier alpha value is -0.580. The highest BCUT2D eigenvalue weighted by Crippen LogP contribution is 2.35. The molecule has 5 heteroatoms. The zero-order valence-corrected chi connectivity index (χ0v) is 12.4. The van der Waals surface area contributed by atoms with E-state index in [1.54, 1.807) is 6.20 Å². The van der Waals surface area contributed by atoms with E-state index in [2.05, 4.69) is 15.2 Å². The number of nitrogens with one attached hydrogen (secondary N) is 1. The van der Waals surface area contributed by atoms with Crippen molar-refractivity contribution >= 4 is 11.6 Å². The molecule has 1 aromatic rings. The first-order valence-corrected chi connectivity index (χ1v) is 7.71. The summed E-state index contributed by atoms with van der Waals surface area (Å²) in [7, 11) is 2.00. The van der Waals surface area contributed by atoms with Crippen LogP contribution in [0.25, 0.3) is 0 Å². The quantitative estimate of drug-likeness (QED) is 0.903. The fourth-order valence-corrected chi connectivity index (χ4v) is 3.72. The number of halogens is 1. The topological polar surface area (TPSA) is 33.1 Å². The van der Waals surface area contributed by atoms with Crippen molar-refractivity contribution in [2.45, 2.75) is 44.2 Å². The summed E-state index contributed by atoms with van der Waals surface area (Å²) in [6.45, 7) is 4.25. The summed E-state index contributed by atoms with van der Waals surface area (Å²) in [6, 6.07) is 0. The summed E-state index contributed by atoms with van der Waals surface area (Å²) < 4.78 is 2.00. The highest BCUT2D eigenvalue weighted by Gasteiger charge is 2.39. The van der Waals surface area contributed by atoms with Gasteiger partial charge in [0.05, 0.1) is 12.7 Å². The van der Waals surface area contributed by atoms with Crippen LogP contribution in [0.1, 0.15) is 37.9 Å². The van der Waals surface area contributed by atoms with Crippen LogP contribution in [-0.4, -0.2) is 39.6 Å². The molecule has 0 aromatic carbocycles. The Morgan fingerprint density at radius 2 is 2.16 bits per heavy atom. The van der Waals surface area contributed by atoms with Crippen LogP contribution in [0.5, 0.6) is 0 Å². The third-order valence-corrected chi connectivity index (χ3v) is 5.18. The summed E-state index contributed by atoms with van der Waals surface area (Å²) in [5.41, 5.74) is 0.356. The van der Waals surface area contributed by atoms with E-state index in [9.17, 15) is 0 Å². The van der Waals surface area contributed by atoms with Crippen LogP contribution in [-0.2, 0) is 13.6 Å². The van der Waals surface area contributed by atoms with Crippen LogP contribution in [0.3, 0.4) is 0 Å². The van der Waals surface area contributed by atoms with Gasteiger partial charge in [-0.15, -0.1) is 0 Å². The number of rotatable bonds is 2. The van der Waals surface area contributed by atoms with Crippen molar-refractivity contribution in [1.29, 1.82) is 0 Å². The highest BCUT2D eigenvalue weighted by atomic mass is 35.5. The molecule has 1 aliphatic carbocycles. The van der Waals surface area contributed by atoms with Crippen molar-refractivity contribution in [2.75, 3.05) is 19.6 Å². The molecule has 2 fully saturated rings. The van der Waals surface area contributed by atoms with Gasteiger partial charge < -0.3 is 9.88 Å². The van der Waals surface area contributed by atoms with E-state index >= 15 is 0 Å². The molecule has 4 nitrogen and oxygen atoms in total. The third-order valence-electron chi connectivity index (χ3n) is 4.83. The van der Waals surface area contributed by atoms with E-state index in [0.29, 0.717) is 5.54 Å². The molecular formula is C14H23ClN4. The zero-order chi connectivity index (χ0) is 13.3. The summed E-state index contributed by atoms with van der Waals surface area (Å²) in [6.07, 6.45) is 8.51. The second-order valence-electron chi connectivity index (χ2n) is 5.94. The van der Waals surface area contributed by atoms with E-state index < -0.39 is 0 Å². The van der Waals surface area contributed by atoms with Gasteiger partial charge in [0, 0.05) is 32.2 Å². The lowest BCUT2D eigenvalue weighted by Gasteiger charge is -2.49. The van der Waals surface area contributed by atoms with E-state index in [4.69, 9.17) is 11.6 Å². The van der Waals surface area contributed by atoms with Crippen molar-refractivity contribution in [2.24, 2.45) is 7.05 Å². The molecule has 0 amide bonds. The van der Waals surface area contributed by atoms with E-state index in [-0.39, 0.29) is 0 Å². The van der Waals surface area contributed by atoms with E-state index in [1.807, 2.05) is 11.6 Å². The number of piperazine rings is 1. The molecule has 0 radical (unpaired) electrons. The predicted octanol–water partition coefficient (Wildman–Crippen LogP) is 2.18. The lowest BCUT2D eigenvalue weighted by molar-refractivity contribution is 0.0183. The minimum Gasteiger partial charge on any atom is -0.321 e. The Labute approximate surface area is 120 Å². The predicted molar refractivity (Wildman–Crippen MR) is 77.3 cm³/mol. The molecule has 19 heavy (non-hydrogen) atoms. The largest absolute Gasteiger partial charge is 0.321 e. The second kappa shape index (κ2) is 5.43. The van der Waals surface area contributed by atoms with Gasteiger partial charge in [-0.05, 0) is 12.8 Å². The average Bonchev–Trinajstić information content (AvgIpc) is 2.75. The van der Waals surface area contributed by atoms with Crippen molar-refractivity contribution in [3.63, 3.8) is 0 Å².